The fourth-order valence-electron chi connectivity index (χ4n) is 6.26. The van der Waals surface area contributed by atoms with Crippen LogP contribution >= 0.6 is 11.3 Å². The van der Waals surface area contributed by atoms with Gasteiger partial charge in [0, 0.05) is 25.7 Å². The molecule has 0 aliphatic heterocycles. The second-order valence-corrected chi connectivity index (χ2v) is 11.2. The lowest BCUT2D eigenvalue weighted by Gasteiger charge is -2.19. The molecule has 0 atom stereocenters. The van der Waals surface area contributed by atoms with Crippen LogP contribution < -0.4 is 0 Å². The summed E-state index contributed by atoms with van der Waals surface area (Å²) in [4.78, 5) is 0. The molecule has 1 aromatic heterocycles. The van der Waals surface area contributed by atoms with Crippen LogP contribution in [0.1, 0.15) is 5.56 Å². The molecule has 0 nitrogen and oxygen atoms in total. The maximum atomic E-state index is 2.39. The minimum atomic E-state index is 1.27. The van der Waals surface area contributed by atoms with Crippen molar-refractivity contribution in [3.05, 3.63) is 133 Å². The van der Waals surface area contributed by atoms with E-state index < -0.39 is 0 Å². The van der Waals surface area contributed by atoms with E-state index in [9.17, 15) is 0 Å². The quantitative estimate of drug-likeness (QED) is 0.207. The Morgan fingerprint density at radius 2 is 1.00 bits per heavy atom. The van der Waals surface area contributed by atoms with Crippen LogP contribution in [0.15, 0.2) is 127 Å². The second kappa shape index (κ2) is 8.28. The number of benzene rings is 7. The first kappa shape index (κ1) is 21.6. The van der Waals surface area contributed by atoms with Crippen molar-refractivity contribution in [3.63, 3.8) is 0 Å². The van der Waals surface area contributed by atoms with E-state index in [0.717, 1.165) is 0 Å². The lowest BCUT2D eigenvalue weighted by Crippen LogP contribution is -1.92. The molecule has 0 N–H and O–H groups in total. The number of fused-ring (bicyclic) bond motifs is 6. The molecule has 0 unspecified atom stereocenters. The van der Waals surface area contributed by atoms with Gasteiger partial charge in [-0.15, -0.1) is 11.3 Å². The first-order valence-corrected chi connectivity index (χ1v) is 13.9. The van der Waals surface area contributed by atoms with Crippen molar-refractivity contribution in [2.75, 3.05) is 0 Å². The largest absolute Gasteiger partial charge is 0.135 e. The van der Waals surface area contributed by atoms with Crippen LogP contribution in [0.25, 0.3) is 74.7 Å². The monoisotopic (exact) mass is 500 g/mol. The molecule has 0 saturated heterocycles. The number of rotatable bonds is 2. The SMILES string of the molecule is Cc1ccc2c(-c3cccc4ccccc34)c3ccccc3c(-c3cccc4c3sc3ccccc34)c2c1. The van der Waals surface area contributed by atoms with Crippen LogP contribution in [0.2, 0.25) is 0 Å². The van der Waals surface area contributed by atoms with Crippen molar-refractivity contribution in [2.24, 2.45) is 0 Å². The fraction of sp³-hybridized carbons (Fsp3) is 0.0270. The number of thiophene rings is 1. The molecule has 0 aliphatic rings. The maximum Gasteiger partial charge on any atom is 0.0434 e. The first-order valence-electron chi connectivity index (χ1n) is 13.1. The highest BCUT2D eigenvalue weighted by Crippen LogP contribution is 2.48. The van der Waals surface area contributed by atoms with Gasteiger partial charge in [0.1, 0.15) is 0 Å². The summed E-state index contributed by atoms with van der Waals surface area (Å²) in [5.74, 6) is 0. The summed E-state index contributed by atoms with van der Waals surface area (Å²) in [6.45, 7) is 2.20. The molecule has 0 radical (unpaired) electrons. The number of hydrogen-bond donors (Lipinski definition) is 0. The lowest BCUT2D eigenvalue weighted by atomic mass is 9.84. The van der Waals surface area contributed by atoms with Gasteiger partial charge in [0.2, 0.25) is 0 Å². The van der Waals surface area contributed by atoms with Crippen LogP contribution in [-0.4, -0.2) is 0 Å². The molecule has 38 heavy (non-hydrogen) atoms. The summed E-state index contributed by atoms with van der Waals surface area (Å²) in [6.07, 6.45) is 0. The zero-order chi connectivity index (χ0) is 25.2. The van der Waals surface area contributed by atoms with Gasteiger partial charge in [-0.1, -0.05) is 127 Å². The van der Waals surface area contributed by atoms with Crippen molar-refractivity contribution in [2.45, 2.75) is 6.92 Å². The molecule has 0 bridgehead atoms. The highest BCUT2D eigenvalue weighted by atomic mass is 32.1. The van der Waals surface area contributed by atoms with Crippen molar-refractivity contribution in [1.82, 2.24) is 0 Å². The molecule has 8 rings (SSSR count). The Labute approximate surface area is 225 Å². The third kappa shape index (κ3) is 3.09. The Balaban J connectivity index is 1.58. The van der Waals surface area contributed by atoms with Gasteiger partial charge in [-0.3, -0.25) is 0 Å². The van der Waals surface area contributed by atoms with Gasteiger partial charge < -0.3 is 0 Å². The minimum Gasteiger partial charge on any atom is -0.135 e. The minimum absolute atomic E-state index is 1.27. The summed E-state index contributed by atoms with van der Waals surface area (Å²) < 4.78 is 2.70. The average Bonchev–Trinajstić information content (AvgIpc) is 3.35. The third-order valence-electron chi connectivity index (χ3n) is 7.91. The summed E-state index contributed by atoms with van der Waals surface area (Å²) in [5, 5.41) is 10.5. The van der Waals surface area contributed by atoms with Crippen molar-refractivity contribution in [3.8, 4) is 22.3 Å². The molecule has 0 aliphatic carbocycles. The van der Waals surface area contributed by atoms with Crippen LogP contribution in [0, 0.1) is 6.92 Å². The molecule has 7 aromatic carbocycles. The molecular weight excluding hydrogens is 476 g/mol. The van der Waals surface area contributed by atoms with E-state index in [2.05, 4.69) is 134 Å². The number of hydrogen-bond acceptors (Lipinski definition) is 1. The predicted octanol–water partition coefficient (Wildman–Crippen LogP) is 11.2. The van der Waals surface area contributed by atoms with Gasteiger partial charge in [0.15, 0.2) is 0 Å². The Morgan fingerprint density at radius 1 is 0.421 bits per heavy atom. The van der Waals surface area contributed by atoms with Crippen LogP contribution in [0.3, 0.4) is 0 Å². The van der Waals surface area contributed by atoms with Gasteiger partial charge in [0.05, 0.1) is 0 Å². The Morgan fingerprint density at radius 3 is 1.84 bits per heavy atom. The van der Waals surface area contributed by atoms with Gasteiger partial charge in [-0.2, -0.15) is 0 Å². The summed E-state index contributed by atoms with van der Waals surface area (Å²) in [7, 11) is 0. The highest BCUT2D eigenvalue weighted by Gasteiger charge is 2.20. The first-order chi connectivity index (χ1) is 18.8. The maximum absolute atomic E-state index is 2.39. The summed E-state index contributed by atoms with van der Waals surface area (Å²) in [6, 6.07) is 47.0. The van der Waals surface area contributed by atoms with E-state index in [0.29, 0.717) is 0 Å². The molecule has 0 amide bonds. The Kier molecular flexibility index (Phi) is 4.71. The van der Waals surface area contributed by atoms with Crippen molar-refractivity contribution >= 4 is 63.8 Å². The van der Waals surface area contributed by atoms with Gasteiger partial charge in [-0.05, 0) is 62.0 Å². The topological polar surface area (TPSA) is 0 Å². The van der Waals surface area contributed by atoms with Gasteiger partial charge >= 0.3 is 0 Å². The normalized spacial score (nSPS) is 11.8. The predicted molar refractivity (Wildman–Crippen MR) is 167 cm³/mol. The molecule has 8 aromatic rings. The summed E-state index contributed by atoms with van der Waals surface area (Å²) >= 11 is 1.91. The molecule has 1 heteroatoms. The van der Waals surface area contributed by atoms with E-state index in [1.54, 1.807) is 0 Å². The van der Waals surface area contributed by atoms with E-state index in [1.165, 1.54) is 80.3 Å². The van der Waals surface area contributed by atoms with Crippen molar-refractivity contribution < 1.29 is 0 Å². The fourth-order valence-corrected chi connectivity index (χ4v) is 7.48. The zero-order valence-corrected chi connectivity index (χ0v) is 21.8. The van der Waals surface area contributed by atoms with Crippen molar-refractivity contribution in [1.29, 1.82) is 0 Å². The van der Waals surface area contributed by atoms with E-state index in [4.69, 9.17) is 0 Å². The van der Waals surface area contributed by atoms with Crippen LogP contribution in [-0.2, 0) is 0 Å². The average molecular weight is 501 g/mol. The standard InChI is InChI=1S/C37H24S/c1-23-20-21-30-33(22-23)36(32-18-9-17-31-26-13-6-7-19-34(26)38-37(31)32)29-15-5-4-14-28(29)35(30)27-16-8-11-24-10-2-3-12-25(24)27/h2-22H,1H3. The lowest BCUT2D eigenvalue weighted by molar-refractivity contribution is 1.51. The molecule has 1 heterocycles. The van der Waals surface area contributed by atoms with Gasteiger partial charge in [0.25, 0.3) is 0 Å². The van der Waals surface area contributed by atoms with E-state index in [1.807, 2.05) is 11.3 Å². The smallest absolute Gasteiger partial charge is 0.0434 e. The van der Waals surface area contributed by atoms with Crippen LogP contribution in [0.5, 0.6) is 0 Å². The zero-order valence-electron chi connectivity index (χ0n) is 21.0. The number of aryl methyl sites for hydroxylation is 1. The molecule has 0 saturated carbocycles. The molecule has 178 valence electrons. The molecule has 0 spiro atoms. The molecular formula is C37H24S. The molecule has 0 fully saturated rings. The highest BCUT2D eigenvalue weighted by molar-refractivity contribution is 7.26. The van der Waals surface area contributed by atoms with Crippen LogP contribution in [0.4, 0.5) is 0 Å². The third-order valence-corrected chi connectivity index (χ3v) is 9.13. The Bertz CT molecular complexity index is 2190. The second-order valence-electron chi connectivity index (χ2n) is 10.2. The van der Waals surface area contributed by atoms with E-state index >= 15 is 0 Å². The van der Waals surface area contributed by atoms with Gasteiger partial charge in [-0.25, -0.2) is 0 Å². The summed E-state index contributed by atoms with van der Waals surface area (Å²) in [5.41, 5.74) is 6.54. The Hall–Kier alpha value is -4.46. The van der Waals surface area contributed by atoms with E-state index in [-0.39, 0.29) is 0 Å².